The molecule has 1 aromatic carbocycles. The van der Waals surface area contributed by atoms with Gasteiger partial charge in [0, 0.05) is 11.4 Å². The first-order valence-electron chi connectivity index (χ1n) is 7.87. The molecule has 0 unspecified atom stereocenters. The molecule has 130 valence electrons. The van der Waals surface area contributed by atoms with Crippen LogP contribution in [0.5, 0.6) is 0 Å². The van der Waals surface area contributed by atoms with Crippen molar-refractivity contribution in [1.29, 1.82) is 0 Å². The molecule has 3 rings (SSSR count). The van der Waals surface area contributed by atoms with Crippen molar-refractivity contribution in [1.82, 2.24) is 10.2 Å². The number of amides is 1. The zero-order valence-electron chi connectivity index (χ0n) is 14.0. The van der Waals surface area contributed by atoms with Crippen molar-refractivity contribution in [3.63, 3.8) is 0 Å². The average Bonchev–Trinajstić information content (AvgIpc) is 3.27. The summed E-state index contributed by atoms with van der Waals surface area (Å²) in [5.74, 6) is -0.345. The van der Waals surface area contributed by atoms with E-state index in [9.17, 15) is 9.18 Å². The highest BCUT2D eigenvalue weighted by Gasteiger charge is 2.17. The predicted molar refractivity (Wildman–Crippen MR) is 103 cm³/mol. The van der Waals surface area contributed by atoms with Gasteiger partial charge in [-0.05, 0) is 66.3 Å². The number of rotatable bonds is 6. The van der Waals surface area contributed by atoms with Gasteiger partial charge < -0.3 is 10.2 Å². The van der Waals surface area contributed by atoms with Crippen molar-refractivity contribution < 1.29 is 9.18 Å². The molecular weight excluding hydrogens is 355 g/mol. The Morgan fingerprint density at radius 3 is 2.56 bits per heavy atom. The Balaban J connectivity index is 1.66. The number of carbonyl (C=O) groups is 1. The van der Waals surface area contributed by atoms with E-state index in [4.69, 9.17) is 0 Å². The molecule has 1 amide bonds. The summed E-state index contributed by atoms with van der Waals surface area (Å²) in [6, 6.07) is 12.2. The fourth-order valence-electron chi connectivity index (χ4n) is 2.57. The molecule has 0 aliphatic heterocycles. The molecule has 0 aliphatic rings. The van der Waals surface area contributed by atoms with E-state index in [2.05, 4.69) is 21.7 Å². The number of thiophene rings is 2. The second kappa shape index (κ2) is 7.91. The number of hydrogen-bond donors (Lipinski definition) is 1. The Bertz CT molecular complexity index is 825. The van der Waals surface area contributed by atoms with Gasteiger partial charge in [-0.25, -0.2) is 4.39 Å². The normalized spacial score (nSPS) is 12.3. The van der Waals surface area contributed by atoms with E-state index in [1.165, 1.54) is 29.0 Å². The summed E-state index contributed by atoms with van der Waals surface area (Å²) in [4.78, 5) is 16.2. The summed E-state index contributed by atoms with van der Waals surface area (Å²) in [5.41, 5.74) is 2.11. The van der Waals surface area contributed by atoms with E-state index in [1.54, 1.807) is 23.5 Å². The number of nitrogens with one attached hydrogen (secondary N) is 1. The molecule has 1 atom stereocenters. The molecule has 2 heterocycles. The van der Waals surface area contributed by atoms with Crippen LogP contribution in [0.1, 0.15) is 21.3 Å². The molecule has 2 aromatic heterocycles. The maximum absolute atomic E-state index is 13.0. The summed E-state index contributed by atoms with van der Waals surface area (Å²) in [7, 11) is 4.01. The first-order valence-corrected chi connectivity index (χ1v) is 9.63. The maximum Gasteiger partial charge on any atom is 0.261 e. The molecule has 0 saturated heterocycles. The van der Waals surface area contributed by atoms with Crippen LogP contribution in [-0.2, 0) is 0 Å². The second-order valence-corrected chi connectivity index (χ2v) is 7.78. The molecule has 0 spiro atoms. The molecule has 3 aromatic rings. The third-order valence-corrected chi connectivity index (χ3v) is 5.80. The van der Waals surface area contributed by atoms with Crippen LogP contribution >= 0.6 is 22.7 Å². The van der Waals surface area contributed by atoms with E-state index in [-0.39, 0.29) is 17.8 Å². The van der Waals surface area contributed by atoms with Crippen molar-refractivity contribution in [2.75, 3.05) is 20.6 Å². The van der Waals surface area contributed by atoms with Gasteiger partial charge in [-0.15, -0.1) is 11.3 Å². The predicted octanol–water partition coefficient (Wildman–Crippen LogP) is 4.65. The zero-order valence-corrected chi connectivity index (χ0v) is 15.7. The number of carbonyl (C=O) groups excluding carboxylic acids is 1. The highest BCUT2D eigenvalue weighted by molar-refractivity contribution is 7.17. The van der Waals surface area contributed by atoms with Crippen molar-refractivity contribution in [3.8, 4) is 10.4 Å². The van der Waals surface area contributed by atoms with Gasteiger partial charge in [-0.1, -0.05) is 12.1 Å². The van der Waals surface area contributed by atoms with E-state index in [0.29, 0.717) is 11.4 Å². The number of benzene rings is 1. The van der Waals surface area contributed by atoms with Gasteiger partial charge in [-0.2, -0.15) is 11.3 Å². The highest BCUT2D eigenvalue weighted by atomic mass is 32.1. The number of nitrogens with zero attached hydrogens (tertiary/aromatic N) is 1. The lowest BCUT2D eigenvalue weighted by Crippen LogP contribution is -2.34. The topological polar surface area (TPSA) is 32.3 Å². The number of hydrogen-bond acceptors (Lipinski definition) is 4. The molecule has 0 radical (unpaired) electrons. The van der Waals surface area contributed by atoms with Crippen molar-refractivity contribution in [3.05, 3.63) is 69.5 Å². The van der Waals surface area contributed by atoms with Gasteiger partial charge in [0.25, 0.3) is 5.91 Å². The van der Waals surface area contributed by atoms with Crippen LogP contribution in [0, 0.1) is 5.82 Å². The molecule has 0 aliphatic carbocycles. The van der Waals surface area contributed by atoms with Crippen LogP contribution in [-0.4, -0.2) is 31.4 Å². The number of halogens is 1. The molecule has 6 heteroatoms. The average molecular weight is 375 g/mol. The third-order valence-electron chi connectivity index (χ3n) is 3.97. The van der Waals surface area contributed by atoms with Crippen LogP contribution < -0.4 is 5.32 Å². The van der Waals surface area contributed by atoms with E-state index >= 15 is 0 Å². The first-order chi connectivity index (χ1) is 12.0. The summed E-state index contributed by atoms with van der Waals surface area (Å²) < 4.78 is 13.0. The van der Waals surface area contributed by atoms with Gasteiger partial charge in [0.05, 0.1) is 10.9 Å². The zero-order chi connectivity index (χ0) is 17.8. The minimum Gasteiger partial charge on any atom is -0.349 e. The fraction of sp³-hybridized carbons (Fsp3) is 0.211. The van der Waals surface area contributed by atoms with Gasteiger partial charge in [0.2, 0.25) is 0 Å². The molecule has 25 heavy (non-hydrogen) atoms. The Labute approximate surface area is 154 Å². The van der Waals surface area contributed by atoms with Crippen molar-refractivity contribution >= 4 is 28.6 Å². The largest absolute Gasteiger partial charge is 0.349 e. The smallest absolute Gasteiger partial charge is 0.261 e. The minimum atomic E-state index is -0.263. The molecular formula is C19H19FN2OS2. The molecule has 0 saturated carbocycles. The lowest BCUT2D eigenvalue weighted by Gasteiger charge is -2.23. The lowest BCUT2D eigenvalue weighted by atomic mass is 10.1. The van der Waals surface area contributed by atoms with Crippen LogP contribution in [0.25, 0.3) is 10.4 Å². The van der Waals surface area contributed by atoms with Crippen LogP contribution in [0.15, 0.2) is 53.2 Å². The van der Waals surface area contributed by atoms with Gasteiger partial charge in [0.1, 0.15) is 5.82 Å². The number of likely N-dealkylation sites (N-methyl/N-ethyl adjacent to an activating group) is 1. The van der Waals surface area contributed by atoms with E-state index in [1.807, 2.05) is 31.6 Å². The lowest BCUT2D eigenvalue weighted by molar-refractivity contribution is 0.0946. The SMILES string of the molecule is CN(C)[C@H](CNC(=O)c1ccc(-c2ccc(F)cc2)s1)c1ccsc1. The quantitative estimate of drug-likeness (QED) is 0.681. The molecule has 0 fully saturated rings. The second-order valence-electron chi connectivity index (χ2n) is 5.92. The maximum atomic E-state index is 13.0. The van der Waals surface area contributed by atoms with E-state index < -0.39 is 0 Å². The van der Waals surface area contributed by atoms with Crippen molar-refractivity contribution in [2.45, 2.75) is 6.04 Å². The Morgan fingerprint density at radius 1 is 1.16 bits per heavy atom. The summed E-state index contributed by atoms with van der Waals surface area (Å²) in [5, 5.41) is 7.17. The third kappa shape index (κ3) is 4.34. The standard InChI is InChI=1S/C19H19FN2OS2/c1-22(2)16(14-9-10-24-12-14)11-21-19(23)18-8-7-17(25-18)13-3-5-15(20)6-4-13/h3-10,12,16H,11H2,1-2H3,(H,21,23)/t16-/m1/s1. The summed E-state index contributed by atoms with van der Waals surface area (Å²) >= 11 is 3.07. The van der Waals surface area contributed by atoms with Gasteiger partial charge >= 0.3 is 0 Å². The fourth-order valence-corrected chi connectivity index (χ4v) is 4.20. The molecule has 3 nitrogen and oxygen atoms in total. The van der Waals surface area contributed by atoms with Crippen LogP contribution in [0.4, 0.5) is 4.39 Å². The van der Waals surface area contributed by atoms with Gasteiger partial charge in [-0.3, -0.25) is 4.79 Å². The first kappa shape index (κ1) is 17.8. The summed E-state index contributed by atoms with van der Waals surface area (Å²) in [6.07, 6.45) is 0. The Hall–Kier alpha value is -2.02. The van der Waals surface area contributed by atoms with Crippen LogP contribution in [0.2, 0.25) is 0 Å². The van der Waals surface area contributed by atoms with Crippen molar-refractivity contribution in [2.24, 2.45) is 0 Å². The van der Waals surface area contributed by atoms with Gasteiger partial charge in [0.15, 0.2) is 0 Å². The highest BCUT2D eigenvalue weighted by Crippen LogP contribution is 2.28. The summed E-state index contributed by atoms with van der Waals surface area (Å²) in [6.45, 7) is 0.548. The Kier molecular flexibility index (Phi) is 5.63. The Morgan fingerprint density at radius 2 is 1.92 bits per heavy atom. The van der Waals surface area contributed by atoms with Crippen LogP contribution in [0.3, 0.4) is 0 Å². The minimum absolute atomic E-state index is 0.0829. The van der Waals surface area contributed by atoms with E-state index in [0.717, 1.165) is 10.4 Å². The molecule has 0 bridgehead atoms. The monoisotopic (exact) mass is 374 g/mol. The molecule has 1 N–H and O–H groups in total.